The molecule has 2 heterocycles. The molecule has 0 atom stereocenters. The highest BCUT2D eigenvalue weighted by Gasteiger charge is 2.06. The van der Waals surface area contributed by atoms with Crippen LogP contribution in [0.2, 0.25) is 0 Å². The molecule has 0 aliphatic rings. The van der Waals surface area contributed by atoms with Crippen molar-refractivity contribution in [2.24, 2.45) is 0 Å². The Kier molecular flexibility index (Phi) is 2.04. The number of hydrogen-bond donors (Lipinski definition) is 2. The van der Waals surface area contributed by atoms with E-state index in [1.807, 2.05) is 6.07 Å². The van der Waals surface area contributed by atoms with Crippen molar-refractivity contribution in [2.45, 2.75) is 0 Å². The Labute approximate surface area is 96.3 Å². The van der Waals surface area contributed by atoms with Crippen LogP contribution in [0.4, 0.5) is 10.2 Å². The summed E-state index contributed by atoms with van der Waals surface area (Å²) in [5, 5.41) is 7.39. The summed E-state index contributed by atoms with van der Waals surface area (Å²) in [6.45, 7) is 0. The molecule has 0 saturated carbocycles. The maximum atomic E-state index is 12.8. The summed E-state index contributed by atoms with van der Waals surface area (Å²) in [6, 6.07) is 8.12. The quantitative estimate of drug-likeness (QED) is 0.671. The number of H-pyrrole nitrogens is 1. The second-order valence-corrected chi connectivity index (χ2v) is 3.74. The lowest BCUT2D eigenvalue weighted by Crippen LogP contribution is -1.85. The highest BCUT2D eigenvalue weighted by molar-refractivity contribution is 5.89. The second-order valence-electron chi connectivity index (χ2n) is 3.74. The van der Waals surface area contributed by atoms with Gasteiger partial charge in [-0.25, -0.2) is 9.37 Å². The van der Waals surface area contributed by atoms with Crippen molar-refractivity contribution in [3.8, 4) is 11.1 Å². The molecule has 2 aromatic heterocycles. The normalized spacial score (nSPS) is 10.9. The number of aromatic nitrogens is 3. The number of rotatable bonds is 1. The summed E-state index contributed by atoms with van der Waals surface area (Å²) in [7, 11) is 0. The summed E-state index contributed by atoms with van der Waals surface area (Å²) in [5.41, 5.74) is 8.08. The van der Waals surface area contributed by atoms with E-state index >= 15 is 0 Å². The predicted octanol–water partition coefficient (Wildman–Crippen LogP) is 2.35. The van der Waals surface area contributed by atoms with Crippen molar-refractivity contribution in [3.63, 3.8) is 0 Å². The molecule has 0 aliphatic carbocycles. The predicted molar refractivity (Wildman–Crippen MR) is 63.7 cm³/mol. The van der Waals surface area contributed by atoms with Gasteiger partial charge in [0.05, 0.1) is 5.39 Å². The van der Waals surface area contributed by atoms with Gasteiger partial charge in [-0.2, -0.15) is 5.10 Å². The standard InChI is InChI=1S/C12H9FN4/c13-9-3-1-7(2-4-9)8-5-10-11(14)16-17-12(10)15-6-8/h1-6H,(H3,14,15,16,17). The fourth-order valence-electron chi connectivity index (χ4n) is 1.72. The zero-order chi connectivity index (χ0) is 11.8. The zero-order valence-electron chi connectivity index (χ0n) is 8.81. The summed E-state index contributed by atoms with van der Waals surface area (Å²) >= 11 is 0. The molecule has 84 valence electrons. The molecular weight excluding hydrogens is 219 g/mol. The Morgan fingerprint density at radius 2 is 1.88 bits per heavy atom. The molecule has 0 fully saturated rings. The Morgan fingerprint density at radius 1 is 1.12 bits per heavy atom. The maximum absolute atomic E-state index is 12.8. The molecule has 0 saturated heterocycles. The van der Waals surface area contributed by atoms with Crippen LogP contribution in [0, 0.1) is 5.82 Å². The SMILES string of the molecule is Nc1[nH]nc2ncc(-c3ccc(F)cc3)cc12. The first kappa shape index (κ1) is 9.77. The zero-order valence-corrected chi connectivity index (χ0v) is 8.81. The number of anilines is 1. The van der Waals surface area contributed by atoms with E-state index in [-0.39, 0.29) is 5.82 Å². The topological polar surface area (TPSA) is 67.6 Å². The lowest BCUT2D eigenvalue weighted by molar-refractivity contribution is 0.628. The van der Waals surface area contributed by atoms with Gasteiger partial charge in [-0.3, -0.25) is 5.10 Å². The van der Waals surface area contributed by atoms with Crippen molar-refractivity contribution >= 4 is 16.9 Å². The Hall–Kier alpha value is -2.43. The van der Waals surface area contributed by atoms with Gasteiger partial charge in [0.15, 0.2) is 5.65 Å². The van der Waals surface area contributed by atoms with E-state index in [2.05, 4.69) is 15.2 Å². The fraction of sp³-hybridized carbons (Fsp3) is 0. The van der Waals surface area contributed by atoms with Crippen LogP contribution in [-0.2, 0) is 0 Å². The first-order valence-electron chi connectivity index (χ1n) is 5.09. The number of benzene rings is 1. The van der Waals surface area contributed by atoms with Gasteiger partial charge in [-0.1, -0.05) is 12.1 Å². The van der Waals surface area contributed by atoms with Gasteiger partial charge in [0, 0.05) is 11.8 Å². The van der Waals surface area contributed by atoms with Crippen LogP contribution in [0.5, 0.6) is 0 Å². The molecule has 0 spiro atoms. The number of nitrogens with zero attached hydrogens (tertiary/aromatic N) is 2. The van der Waals surface area contributed by atoms with Gasteiger partial charge >= 0.3 is 0 Å². The molecule has 3 rings (SSSR count). The van der Waals surface area contributed by atoms with E-state index in [4.69, 9.17) is 5.73 Å². The minimum atomic E-state index is -0.259. The molecule has 0 radical (unpaired) electrons. The van der Waals surface area contributed by atoms with E-state index in [1.165, 1.54) is 12.1 Å². The molecule has 3 aromatic rings. The van der Waals surface area contributed by atoms with Crippen LogP contribution in [0.25, 0.3) is 22.2 Å². The second kappa shape index (κ2) is 3.55. The number of pyridine rings is 1. The van der Waals surface area contributed by atoms with E-state index in [0.29, 0.717) is 11.5 Å². The van der Waals surface area contributed by atoms with Gasteiger partial charge in [0.25, 0.3) is 0 Å². The van der Waals surface area contributed by atoms with Gasteiger partial charge in [-0.15, -0.1) is 0 Å². The van der Waals surface area contributed by atoms with Crippen LogP contribution >= 0.6 is 0 Å². The molecule has 0 bridgehead atoms. The van der Waals surface area contributed by atoms with Crippen LogP contribution in [0.1, 0.15) is 0 Å². The monoisotopic (exact) mass is 228 g/mol. The summed E-state index contributed by atoms with van der Waals surface area (Å²) in [4.78, 5) is 4.18. The molecule has 0 unspecified atom stereocenters. The van der Waals surface area contributed by atoms with Crippen LogP contribution in [-0.4, -0.2) is 15.2 Å². The third-order valence-corrected chi connectivity index (χ3v) is 2.62. The van der Waals surface area contributed by atoms with E-state index < -0.39 is 0 Å². The molecule has 3 N–H and O–H groups in total. The van der Waals surface area contributed by atoms with Crippen molar-refractivity contribution in [3.05, 3.63) is 42.3 Å². The Balaban J connectivity index is 2.17. The van der Waals surface area contributed by atoms with Gasteiger partial charge in [0.2, 0.25) is 0 Å². The molecule has 17 heavy (non-hydrogen) atoms. The molecular formula is C12H9FN4. The molecule has 1 aromatic carbocycles. The number of aromatic amines is 1. The third kappa shape index (κ3) is 1.61. The summed E-state index contributed by atoms with van der Waals surface area (Å²) in [5.74, 6) is 0.224. The van der Waals surface area contributed by atoms with Crippen molar-refractivity contribution in [2.75, 3.05) is 5.73 Å². The van der Waals surface area contributed by atoms with Gasteiger partial charge in [-0.05, 0) is 23.8 Å². The number of nitrogens with one attached hydrogen (secondary N) is 1. The number of nitrogen functional groups attached to an aromatic ring is 1. The summed E-state index contributed by atoms with van der Waals surface area (Å²) in [6.07, 6.45) is 1.69. The lowest BCUT2D eigenvalue weighted by atomic mass is 10.1. The third-order valence-electron chi connectivity index (χ3n) is 2.62. The first-order valence-corrected chi connectivity index (χ1v) is 5.09. The number of fused-ring (bicyclic) bond motifs is 1. The molecule has 0 aliphatic heterocycles. The van der Waals surface area contributed by atoms with E-state index in [0.717, 1.165) is 16.5 Å². The summed E-state index contributed by atoms with van der Waals surface area (Å²) < 4.78 is 12.8. The first-order chi connectivity index (χ1) is 8.24. The molecule has 5 heteroatoms. The highest BCUT2D eigenvalue weighted by atomic mass is 19.1. The fourth-order valence-corrected chi connectivity index (χ4v) is 1.72. The van der Waals surface area contributed by atoms with E-state index in [9.17, 15) is 4.39 Å². The highest BCUT2D eigenvalue weighted by Crippen LogP contribution is 2.24. The van der Waals surface area contributed by atoms with Crippen LogP contribution in [0.15, 0.2) is 36.5 Å². The van der Waals surface area contributed by atoms with Crippen molar-refractivity contribution in [1.82, 2.24) is 15.2 Å². The van der Waals surface area contributed by atoms with Gasteiger partial charge in [0.1, 0.15) is 11.6 Å². The Bertz CT molecular complexity index is 673. The van der Waals surface area contributed by atoms with Crippen molar-refractivity contribution < 1.29 is 4.39 Å². The minimum Gasteiger partial charge on any atom is -0.384 e. The number of hydrogen-bond acceptors (Lipinski definition) is 3. The van der Waals surface area contributed by atoms with E-state index in [1.54, 1.807) is 18.3 Å². The lowest BCUT2D eigenvalue weighted by Gasteiger charge is -2.00. The minimum absolute atomic E-state index is 0.259. The average Bonchev–Trinajstić information content (AvgIpc) is 2.72. The molecule has 4 nitrogen and oxygen atoms in total. The molecule has 0 amide bonds. The van der Waals surface area contributed by atoms with Gasteiger partial charge < -0.3 is 5.73 Å². The van der Waals surface area contributed by atoms with Crippen LogP contribution in [0.3, 0.4) is 0 Å². The van der Waals surface area contributed by atoms with Crippen molar-refractivity contribution in [1.29, 1.82) is 0 Å². The van der Waals surface area contributed by atoms with Crippen LogP contribution < -0.4 is 5.73 Å². The average molecular weight is 228 g/mol. The smallest absolute Gasteiger partial charge is 0.183 e. The largest absolute Gasteiger partial charge is 0.384 e. The Morgan fingerprint density at radius 3 is 2.65 bits per heavy atom. The number of halogens is 1. The maximum Gasteiger partial charge on any atom is 0.183 e. The number of nitrogens with two attached hydrogens (primary N) is 1.